The lowest BCUT2D eigenvalue weighted by Crippen LogP contribution is -1.84. The molecule has 0 radical (unpaired) electrons. The van der Waals surface area contributed by atoms with Crippen molar-refractivity contribution in [3.63, 3.8) is 0 Å². The van der Waals surface area contributed by atoms with E-state index in [1.165, 1.54) is 21.8 Å². The number of hydrogen-bond donors (Lipinski definition) is 0. The molecular formula is C12H7N3S2. The fraction of sp³-hybridized carbons (Fsp3) is 0.0833. The monoisotopic (exact) mass is 257 g/mol. The lowest BCUT2D eigenvalue weighted by Gasteiger charge is -1.96. The Hall–Kier alpha value is -1.64. The van der Waals surface area contributed by atoms with Gasteiger partial charge in [-0.15, -0.1) is 16.4 Å². The summed E-state index contributed by atoms with van der Waals surface area (Å²) < 4.78 is 2.36. The van der Waals surface area contributed by atoms with Crippen LogP contribution in [0.2, 0.25) is 0 Å². The van der Waals surface area contributed by atoms with Crippen molar-refractivity contribution in [3.05, 3.63) is 30.5 Å². The van der Waals surface area contributed by atoms with Crippen molar-refractivity contribution in [2.24, 2.45) is 0 Å². The fourth-order valence-corrected chi connectivity index (χ4v) is 3.64. The summed E-state index contributed by atoms with van der Waals surface area (Å²) in [5.41, 5.74) is 0. The molecule has 3 rings (SSSR count). The molecule has 1 aromatic carbocycles. The summed E-state index contributed by atoms with van der Waals surface area (Å²) in [7, 11) is 0. The Bertz CT molecular complexity index is 727. The number of nitriles is 1. The lowest BCUT2D eigenvalue weighted by atomic mass is 10.2. The minimum absolute atomic E-state index is 0.405. The van der Waals surface area contributed by atoms with Crippen LogP contribution in [0.3, 0.4) is 0 Å². The lowest BCUT2D eigenvalue weighted by molar-refractivity contribution is 0.961. The van der Waals surface area contributed by atoms with E-state index in [1.807, 2.05) is 12.1 Å². The summed E-state index contributed by atoms with van der Waals surface area (Å²) in [6.45, 7) is 0. The first-order chi connectivity index (χ1) is 8.40. The summed E-state index contributed by atoms with van der Waals surface area (Å²) in [5.74, 6) is 0.405. The molecule has 3 aromatic rings. The molecule has 0 aliphatic carbocycles. The number of fused-ring (bicyclic) bond motifs is 3. The molecule has 0 saturated carbocycles. The summed E-state index contributed by atoms with van der Waals surface area (Å²) in [4.78, 5) is 0. The van der Waals surface area contributed by atoms with Crippen LogP contribution >= 0.6 is 23.1 Å². The molecule has 17 heavy (non-hydrogen) atoms. The highest BCUT2D eigenvalue weighted by molar-refractivity contribution is 7.99. The Morgan fingerprint density at radius 2 is 2.18 bits per heavy atom. The van der Waals surface area contributed by atoms with Crippen molar-refractivity contribution in [2.45, 2.75) is 5.03 Å². The maximum Gasteiger partial charge on any atom is 0.138 e. The molecule has 0 aliphatic rings. The van der Waals surface area contributed by atoms with Gasteiger partial charge >= 0.3 is 0 Å². The number of thioether (sulfide) groups is 1. The number of hydrogen-bond acceptors (Lipinski definition) is 5. The van der Waals surface area contributed by atoms with Gasteiger partial charge in [-0.1, -0.05) is 30.0 Å². The molecule has 82 valence electrons. The first kappa shape index (κ1) is 10.5. The molecule has 2 aromatic heterocycles. The van der Waals surface area contributed by atoms with Gasteiger partial charge in [0.2, 0.25) is 0 Å². The van der Waals surface area contributed by atoms with E-state index in [-0.39, 0.29) is 0 Å². The number of benzene rings is 1. The largest absolute Gasteiger partial charge is 0.197 e. The smallest absolute Gasteiger partial charge is 0.138 e. The van der Waals surface area contributed by atoms with E-state index in [9.17, 15) is 0 Å². The van der Waals surface area contributed by atoms with Crippen molar-refractivity contribution in [3.8, 4) is 6.07 Å². The predicted octanol–water partition coefficient (Wildman–Crippen LogP) is 3.46. The van der Waals surface area contributed by atoms with Gasteiger partial charge in [-0.25, -0.2) is 0 Å². The van der Waals surface area contributed by atoms with E-state index < -0.39 is 0 Å². The Morgan fingerprint density at radius 3 is 3.06 bits per heavy atom. The highest BCUT2D eigenvalue weighted by Crippen LogP contribution is 2.37. The summed E-state index contributed by atoms with van der Waals surface area (Å²) in [6.07, 6.45) is 1.80. The molecule has 0 fully saturated rings. The zero-order valence-corrected chi connectivity index (χ0v) is 10.4. The average molecular weight is 257 g/mol. The quantitative estimate of drug-likeness (QED) is 0.660. The van der Waals surface area contributed by atoms with Crippen LogP contribution in [-0.4, -0.2) is 16.0 Å². The minimum Gasteiger partial charge on any atom is -0.197 e. The minimum atomic E-state index is 0.405. The van der Waals surface area contributed by atoms with Crippen molar-refractivity contribution >= 4 is 43.3 Å². The third-order valence-electron chi connectivity index (χ3n) is 2.44. The fourth-order valence-electron chi connectivity index (χ4n) is 1.73. The molecule has 0 unspecified atom stereocenters. The van der Waals surface area contributed by atoms with Crippen molar-refractivity contribution < 1.29 is 0 Å². The molecule has 2 heterocycles. The molecule has 0 N–H and O–H groups in total. The van der Waals surface area contributed by atoms with Crippen molar-refractivity contribution in [2.75, 3.05) is 5.75 Å². The van der Waals surface area contributed by atoms with Crippen LogP contribution in [0.15, 0.2) is 35.5 Å². The molecule has 0 atom stereocenters. The van der Waals surface area contributed by atoms with Gasteiger partial charge in [-0.2, -0.15) is 10.4 Å². The highest BCUT2D eigenvalue weighted by Gasteiger charge is 2.10. The van der Waals surface area contributed by atoms with Crippen LogP contribution in [0.1, 0.15) is 0 Å². The maximum absolute atomic E-state index is 8.62. The molecule has 5 heteroatoms. The SMILES string of the molecule is N#CCSc1nncc2c1sc1ccccc12. The normalized spacial score (nSPS) is 10.8. The maximum atomic E-state index is 8.62. The highest BCUT2D eigenvalue weighted by atomic mass is 32.2. The van der Waals surface area contributed by atoms with Crippen molar-refractivity contribution in [1.82, 2.24) is 10.2 Å². The summed E-state index contributed by atoms with van der Waals surface area (Å²) in [5, 5.41) is 19.9. The van der Waals surface area contributed by atoms with E-state index in [1.54, 1.807) is 17.5 Å². The van der Waals surface area contributed by atoms with Crippen LogP contribution in [-0.2, 0) is 0 Å². The summed E-state index contributed by atoms with van der Waals surface area (Å²) in [6, 6.07) is 10.4. The van der Waals surface area contributed by atoms with Gasteiger partial charge in [0, 0.05) is 15.5 Å². The van der Waals surface area contributed by atoms with E-state index in [4.69, 9.17) is 5.26 Å². The second kappa shape index (κ2) is 4.32. The van der Waals surface area contributed by atoms with Crippen molar-refractivity contribution in [1.29, 1.82) is 5.26 Å². The van der Waals surface area contributed by atoms with Gasteiger partial charge in [-0.05, 0) is 6.07 Å². The molecule has 0 amide bonds. The first-order valence-electron chi connectivity index (χ1n) is 5.03. The molecule has 3 nitrogen and oxygen atoms in total. The second-order valence-electron chi connectivity index (χ2n) is 3.44. The standard InChI is InChI=1S/C12H7N3S2/c13-5-6-16-12-11-9(7-14-15-12)8-3-1-2-4-10(8)17-11/h1-4,7H,6H2. The number of thiophene rings is 1. The van der Waals surface area contributed by atoms with Gasteiger partial charge in [0.25, 0.3) is 0 Å². The Labute approximate surface area is 106 Å². The van der Waals surface area contributed by atoms with Crippen LogP contribution in [0.25, 0.3) is 20.2 Å². The molecular weight excluding hydrogens is 250 g/mol. The zero-order valence-electron chi connectivity index (χ0n) is 8.75. The summed E-state index contributed by atoms with van der Waals surface area (Å²) >= 11 is 3.15. The predicted molar refractivity (Wildman–Crippen MR) is 71.3 cm³/mol. The van der Waals surface area contributed by atoms with E-state index in [0.717, 1.165) is 15.1 Å². The second-order valence-corrected chi connectivity index (χ2v) is 5.45. The van der Waals surface area contributed by atoms with Gasteiger partial charge in [0.1, 0.15) is 5.03 Å². The molecule has 0 saturated heterocycles. The molecule has 0 spiro atoms. The Balaban J connectivity index is 2.28. The van der Waals surface area contributed by atoms with Crippen LogP contribution in [0.5, 0.6) is 0 Å². The molecule has 0 bridgehead atoms. The van der Waals surface area contributed by atoms with Crippen LogP contribution in [0, 0.1) is 11.3 Å². The van der Waals surface area contributed by atoms with E-state index in [0.29, 0.717) is 5.75 Å². The van der Waals surface area contributed by atoms with E-state index in [2.05, 4.69) is 28.4 Å². The van der Waals surface area contributed by atoms with Crippen LogP contribution < -0.4 is 0 Å². The third-order valence-corrected chi connectivity index (χ3v) is 4.59. The number of rotatable bonds is 2. The number of nitrogens with zero attached hydrogens (tertiary/aromatic N) is 3. The first-order valence-corrected chi connectivity index (χ1v) is 6.83. The Morgan fingerprint density at radius 1 is 1.29 bits per heavy atom. The third kappa shape index (κ3) is 1.75. The average Bonchev–Trinajstić information content (AvgIpc) is 2.75. The zero-order chi connectivity index (χ0) is 11.7. The number of aromatic nitrogens is 2. The van der Waals surface area contributed by atoms with Gasteiger partial charge in [-0.3, -0.25) is 0 Å². The molecule has 0 aliphatic heterocycles. The van der Waals surface area contributed by atoms with E-state index >= 15 is 0 Å². The Kier molecular flexibility index (Phi) is 2.67. The van der Waals surface area contributed by atoms with Crippen LogP contribution in [0.4, 0.5) is 0 Å². The van der Waals surface area contributed by atoms with Gasteiger partial charge in [0.05, 0.1) is 22.7 Å². The van der Waals surface area contributed by atoms with Gasteiger partial charge < -0.3 is 0 Å². The van der Waals surface area contributed by atoms with Gasteiger partial charge in [0.15, 0.2) is 0 Å². The topological polar surface area (TPSA) is 49.6 Å².